The van der Waals surface area contributed by atoms with E-state index in [0.717, 1.165) is 0 Å². The van der Waals surface area contributed by atoms with Crippen molar-refractivity contribution >= 4 is 34.0 Å². The molecule has 0 saturated carbocycles. The maximum atomic E-state index is 13.0. The van der Waals surface area contributed by atoms with E-state index < -0.39 is 6.69 Å². The smallest absolute Gasteiger partial charge is 0.207 e. The van der Waals surface area contributed by atoms with Crippen molar-refractivity contribution in [3.05, 3.63) is 30.1 Å². The first kappa shape index (κ1) is 9.04. The Morgan fingerprint density at radius 3 is 2.18 bits per heavy atom. The van der Waals surface area contributed by atoms with Crippen LogP contribution in [0.4, 0.5) is 4.39 Å². The van der Waals surface area contributed by atoms with E-state index in [1.807, 2.05) is 0 Å². The van der Waals surface area contributed by atoms with Gasteiger partial charge in [0.1, 0.15) is 5.82 Å². The molecule has 0 aliphatic heterocycles. The van der Waals surface area contributed by atoms with Crippen LogP contribution < -0.4 is 5.19 Å². The standard InChI is InChI=1S/C7H7Cl2FSi/c1-11(8,9)7-5-3-2-4-6(7)10/h2-5H,1H3. The van der Waals surface area contributed by atoms with Gasteiger partial charge in [-0.05, 0) is 12.6 Å². The summed E-state index contributed by atoms with van der Waals surface area (Å²) in [4.78, 5) is 0. The molecular formula is C7H7Cl2FSi. The lowest BCUT2D eigenvalue weighted by Gasteiger charge is -2.10. The predicted octanol–water partition coefficient (Wildman–Crippen LogP) is 2.58. The lowest BCUT2D eigenvalue weighted by Crippen LogP contribution is -2.35. The molecule has 1 aromatic rings. The van der Waals surface area contributed by atoms with E-state index in [4.69, 9.17) is 22.2 Å². The average Bonchev–Trinajstić information content (AvgIpc) is 1.86. The number of rotatable bonds is 1. The zero-order chi connectivity index (χ0) is 8.48. The van der Waals surface area contributed by atoms with Crippen LogP contribution in [0.25, 0.3) is 0 Å². The molecule has 0 fully saturated rings. The van der Waals surface area contributed by atoms with Crippen LogP contribution in [0.15, 0.2) is 24.3 Å². The highest BCUT2D eigenvalue weighted by molar-refractivity contribution is 7.50. The summed E-state index contributed by atoms with van der Waals surface area (Å²) >= 11 is 11.7. The van der Waals surface area contributed by atoms with Gasteiger partial charge in [0.05, 0.1) is 0 Å². The molecule has 60 valence electrons. The summed E-state index contributed by atoms with van der Waals surface area (Å²) in [5, 5.41) is 0.448. The van der Waals surface area contributed by atoms with Gasteiger partial charge in [-0.25, -0.2) is 4.39 Å². The summed E-state index contributed by atoms with van der Waals surface area (Å²) in [5.74, 6) is -0.313. The molecule has 0 aromatic heterocycles. The Labute approximate surface area is 75.4 Å². The number of halogens is 3. The fraction of sp³-hybridized carbons (Fsp3) is 0.143. The van der Waals surface area contributed by atoms with Crippen LogP contribution in [0.1, 0.15) is 0 Å². The molecule has 0 nitrogen and oxygen atoms in total. The van der Waals surface area contributed by atoms with Gasteiger partial charge in [0.25, 0.3) is 6.69 Å². The second-order valence-electron chi connectivity index (χ2n) is 2.37. The highest BCUT2D eigenvalue weighted by atomic mass is 35.7. The van der Waals surface area contributed by atoms with Crippen LogP contribution in [0.2, 0.25) is 6.55 Å². The molecule has 0 spiro atoms. The molecule has 0 aliphatic carbocycles. The molecule has 0 radical (unpaired) electrons. The van der Waals surface area contributed by atoms with E-state index in [0.29, 0.717) is 5.19 Å². The lowest BCUT2D eigenvalue weighted by molar-refractivity contribution is 0.635. The maximum absolute atomic E-state index is 13.0. The van der Waals surface area contributed by atoms with Gasteiger partial charge in [-0.3, -0.25) is 0 Å². The van der Waals surface area contributed by atoms with Crippen molar-refractivity contribution in [1.29, 1.82) is 0 Å². The predicted molar refractivity (Wildman–Crippen MR) is 49.4 cm³/mol. The Balaban J connectivity index is 3.14. The van der Waals surface area contributed by atoms with Crippen LogP contribution in [-0.2, 0) is 0 Å². The topological polar surface area (TPSA) is 0 Å². The number of hydrogen-bond acceptors (Lipinski definition) is 0. The summed E-state index contributed by atoms with van der Waals surface area (Å²) in [5.41, 5.74) is 0. The van der Waals surface area contributed by atoms with Crippen LogP contribution in [0, 0.1) is 5.82 Å². The van der Waals surface area contributed by atoms with Crippen LogP contribution >= 0.6 is 22.2 Å². The molecule has 0 atom stereocenters. The Hall–Kier alpha value is -0.0531. The molecule has 0 heterocycles. The van der Waals surface area contributed by atoms with Gasteiger partial charge in [-0.2, -0.15) is 0 Å². The largest absolute Gasteiger partial charge is 0.280 e. The average molecular weight is 209 g/mol. The normalized spacial score (nSPS) is 11.6. The number of hydrogen-bond donors (Lipinski definition) is 0. The van der Waals surface area contributed by atoms with Crippen molar-refractivity contribution in [2.75, 3.05) is 0 Å². The molecule has 0 unspecified atom stereocenters. The lowest BCUT2D eigenvalue weighted by atomic mass is 10.3. The van der Waals surface area contributed by atoms with Crippen molar-refractivity contribution in [1.82, 2.24) is 0 Å². The maximum Gasteiger partial charge on any atom is 0.280 e. The Bertz CT molecular complexity index is 257. The van der Waals surface area contributed by atoms with Gasteiger partial charge in [0.2, 0.25) is 0 Å². The summed E-state index contributed by atoms with van der Waals surface area (Å²) in [6, 6.07) is 6.34. The first-order chi connectivity index (χ1) is 5.02. The van der Waals surface area contributed by atoms with Crippen LogP contribution in [-0.4, -0.2) is 6.69 Å². The first-order valence-electron chi connectivity index (χ1n) is 3.14. The minimum absolute atomic E-state index is 0.313. The van der Waals surface area contributed by atoms with E-state index >= 15 is 0 Å². The zero-order valence-corrected chi connectivity index (χ0v) is 8.46. The molecule has 1 rings (SSSR count). The van der Waals surface area contributed by atoms with E-state index in [1.165, 1.54) is 6.07 Å². The Morgan fingerprint density at radius 2 is 1.82 bits per heavy atom. The number of benzene rings is 1. The summed E-state index contributed by atoms with van der Waals surface area (Å²) < 4.78 is 13.0. The second kappa shape index (κ2) is 3.13. The Morgan fingerprint density at radius 1 is 1.27 bits per heavy atom. The quantitative estimate of drug-likeness (QED) is 0.492. The van der Waals surface area contributed by atoms with E-state index in [1.54, 1.807) is 24.7 Å². The van der Waals surface area contributed by atoms with Gasteiger partial charge in [0.15, 0.2) is 0 Å². The van der Waals surface area contributed by atoms with Crippen molar-refractivity contribution in [3.8, 4) is 0 Å². The van der Waals surface area contributed by atoms with Gasteiger partial charge in [-0.15, -0.1) is 22.2 Å². The Kier molecular flexibility index (Phi) is 2.57. The minimum atomic E-state index is -2.51. The van der Waals surface area contributed by atoms with E-state index in [9.17, 15) is 4.39 Å². The third-order valence-electron chi connectivity index (χ3n) is 1.35. The SMILES string of the molecule is C[Si](Cl)(Cl)c1ccccc1F. The third-order valence-corrected chi connectivity index (χ3v) is 3.92. The summed E-state index contributed by atoms with van der Waals surface area (Å²) in [6.45, 7) is -0.833. The molecule has 0 saturated heterocycles. The van der Waals surface area contributed by atoms with Gasteiger partial charge >= 0.3 is 0 Å². The third kappa shape index (κ3) is 2.19. The molecule has 0 N–H and O–H groups in total. The van der Waals surface area contributed by atoms with Crippen molar-refractivity contribution < 1.29 is 4.39 Å². The summed E-state index contributed by atoms with van der Waals surface area (Å²) in [6.07, 6.45) is 0. The fourth-order valence-electron chi connectivity index (χ4n) is 0.817. The minimum Gasteiger partial charge on any atom is -0.207 e. The molecule has 1 aromatic carbocycles. The van der Waals surface area contributed by atoms with Gasteiger partial charge in [-0.1, -0.05) is 18.2 Å². The zero-order valence-electron chi connectivity index (χ0n) is 5.94. The molecule has 11 heavy (non-hydrogen) atoms. The fourth-order valence-corrected chi connectivity index (χ4v) is 2.63. The van der Waals surface area contributed by atoms with Gasteiger partial charge < -0.3 is 0 Å². The summed E-state index contributed by atoms with van der Waals surface area (Å²) in [7, 11) is 0. The van der Waals surface area contributed by atoms with E-state index in [2.05, 4.69) is 0 Å². The van der Waals surface area contributed by atoms with Crippen molar-refractivity contribution in [2.24, 2.45) is 0 Å². The monoisotopic (exact) mass is 208 g/mol. The molecule has 0 bridgehead atoms. The van der Waals surface area contributed by atoms with Crippen LogP contribution in [0.3, 0.4) is 0 Å². The van der Waals surface area contributed by atoms with Gasteiger partial charge in [0, 0.05) is 5.19 Å². The highest BCUT2D eigenvalue weighted by Gasteiger charge is 2.26. The molecule has 0 amide bonds. The second-order valence-corrected chi connectivity index (χ2v) is 9.80. The highest BCUT2D eigenvalue weighted by Crippen LogP contribution is 2.15. The molecule has 0 aliphatic rings. The molecular weight excluding hydrogens is 202 g/mol. The van der Waals surface area contributed by atoms with Crippen LogP contribution in [0.5, 0.6) is 0 Å². The van der Waals surface area contributed by atoms with Crippen molar-refractivity contribution in [2.45, 2.75) is 6.55 Å². The van der Waals surface area contributed by atoms with E-state index in [-0.39, 0.29) is 5.82 Å². The first-order valence-corrected chi connectivity index (χ1v) is 7.67. The molecule has 4 heteroatoms. The van der Waals surface area contributed by atoms with Crippen molar-refractivity contribution in [3.63, 3.8) is 0 Å².